The first-order valence-corrected chi connectivity index (χ1v) is 5.19. The summed E-state index contributed by atoms with van der Waals surface area (Å²) in [5.74, 6) is -0.699. The fourth-order valence-corrected chi connectivity index (χ4v) is 1.69. The number of ether oxygens (including phenoxy) is 1. The van der Waals surface area contributed by atoms with Crippen molar-refractivity contribution in [1.29, 1.82) is 0 Å². The Balaban J connectivity index is 2.09. The molecule has 1 aliphatic heterocycles. The zero-order chi connectivity index (χ0) is 11.5. The average Bonchev–Trinajstić information content (AvgIpc) is 2.29. The van der Waals surface area contributed by atoms with Crippen LogP contribution in [0.1, 0.15) is 17.3 Å². The summed E-state index contributed by atoms with van der Waals surface area (Å²) in [6.07, 6.45) is 1.31. The summed E-state index contributed by atoms with van der Waals surface area (Å²) in [4.78, 5) is 17.1. The average molecular weight is 224 g/mol. The number of amides is 1. The molecule has 2 heterocycles. The van der Waals surface area contributed by atoms with E-state index in [1.807, 2.05) is 6.92 Å². The van der Waals surface area contributed by atoms with Crippen molar-refractivity contribution in [3.05, 3.63) is 29.8 Å². The van der Waals surface area contributed by atoms with Gasteiger partial charge in [-0.15, -0.1) is 0 Å². The summed E-state index contributed by atoms with van der Waals surface area (Å²) in [5, 5.41) is 0. The molecule has 0 aromatic carbocycles. The van der Waals surface area contributed by atoms with Crippen LogP contribution >= 0.6 is 0 Å². The fourth-order valence-electron chi connectivity index (χ4n) is 1.69. The maximum Gasteiger partial charge on any atom is 0.255 e. The van der Waals surface area contributed by atoms with E-state index in [1.165, 1.54) is 18.3 Å². The summed E-state index contributed by atoms with van der Waals surface area (Å²) in [6, 6.07) is 2.64. The second kappa shape index (κ2) is 4.57. The molecule has 1 atom stereocenters. The van der Waals surface area contributed by atoms with Crippen LogP contribution in [0.15, 0.2) is 18.3 Å². The van der Waals surface area contributed by atoms with Gasteiger partial charge in [0.25, 0.3) is 5.91 Å². The van der Waals surface area contributed by atoms with Crippen molar-refractivity contribution in [2.24, 2.45) is 0 Å². The number of morpholine rings is 1. The van der Waals surface area contributed by atoms with E-state index in [4.69, 9.17) is 4.74 Å². The topological polar surface area (TPSA) is 42.4 Å². The van der Waals surface area contributed by atoms with Gasteiger partial charge in [0.15, 0.2) is 0 Å². The summed E-state index contributed by atoms with van der Waals surface area (Å²) >= 11 is 0. The van der Waals surface area contributed by atoms with Gasteiger partial charge in [-0.25, -0.2) is 4.98 Å². The highest BCUT2D eigenvalue weighted by molar-refractivity contribution is 5.93. The summed E-state index contributed by atoms with van der Waals surface area (Å²) in [6.45, 7) is 3.60. The summed E-state index contributed by atoms with van der Waals surface area (Å²) < 4.78 is 17.9. The molecule has 0 N–H and O–H groups in total. The number of carbonyl (C=O) groups is 1. The molecule has 0 saturated carbocycles. The van der Waals surface area contributed by atoms with Crippen LogP contribution < -0.4 is 0 Å². The first-order valence-electron chi connectivity index (χ1n) is 5.19. The maximum atomic E-state index is 12.6. The van der Waals surface area contributed by atoms with Gasteiger partial charge in [-0.05, 0) is 19.1 Å². The van der Waals surface area contributed by atoms with Gasteiger partial charge in [0.05, 0.1) is 18.3 Å². The fraction of sp³-hybridized carbons (Fsp3) is 0.455. The second-order valence-corrected chi connectivity index (χ2v) is 3.80. The van der Waals surface area contributed by atoms with Gasteiger partial charge in [-0.3, -0.25) is 4.79 Å². The maximum absolute atomic E-state index is 12.6. The van der Waals surface area contributed by atoms with Gasteiger partial charge >= 0.3 is 0 Å². The van der Waals surface area contributed by atoms with E-state index in [9.17, 15) is 9.18 Å². The van der Waals surface area contributed by atoms with Crippen molar-refractivity contribution in [1.82, 2.24) is 9.88 Å². The Bertz CT molecular complexity index is 380. The summed E-state index contributed by atoms with van der Waals surface area (Å²) in [7, 11) is 0. The number of carbonyl (C=O) groups excluding carboxylic acids is 1. The smallest absolute Gasteiger partial charge is 0.255 e. The van der Waals surface area contributed by atoms with Gasteiger partial charge in [-0.1, -0.05) is 0 Å². The van der Waals surface area contributed by atoms with Crippen LogP contribution in [-0.2, 0) is 4.74 Å². The van der Waals surface area contributed by atoms with Crippen LogP contribution in [-0.4, -0.2) is 41.6 Å². The number of rotatable bonds is 1. The Morgan fingerprint density at radius 3 is 3.06 bits per heavy atom. The molecule has 2 rings (SSSR count). The van der Waals surface area contributed by atoms with E-state index in [2.05, 4.69) is 4.98 Å². The predicted octanol–water partition coefficient (Wildman–Crippen LogP) is 1.08. The van der Waals surface area contributed by atoms with E-state index < -0.39 is 5.95 Å². The number of hydrogen-bond acceptors (Lipinski definition) is 3. The monoisotopic (exact) mass is 224 g/mol. The highest BCUT2D eigenvalue weighted by atomic mass is 19.1. The van der Waals surface area contributed by atoms with Crippen molar-refractivity contribution in [2.75, 3.05) is 19.7 Å². The molecular formula is C11H13FN2O2. The molecule has 0 aliphatic carbocycles. The van der Waals surface area contributed by atoms with Crippen molar-refractivity contribution in [2.45, 2.75) is 13.0 Å². The molecule has 1 fully saturated rings. The number of nitrogens with zero attached hydrogens (tertiary/aromatic N) is 2. The van der Waals surface area contributed by atoms with Crippen LogP contribution in [0.4, 0.5) is 4.39 Å². The Morgan fingerprint density at radius 2 is 2.44 bits per heavy atom. The molecule has 1 saturated heterocycles. The molecule has 4 nitrogen and oxygen atoms in total. The number of aromatic nitrogens is 1. The van der Waals surface area contributed by atoms with Crippen molar-refractivity contribution < 1.29 is 13.9 Å². The van der Waals surface area contributed by atoms with Crippen molar-refractivity contribution in [3.63, 3.8) is 0 Å². The van der Waals surface area contributed by atoms with Crippen LogP contribution in [0.3, 0.4) is 0 Å². The minimum Gasteiger partial charge on any atom is -0.375 e. The van der Waals surface area contributed by atoms with Gasteiger partial charge in [0.2, 0.25) is 5.95 Å². The van der Waals surface area contributed by atoms with E-state index in [1.54, 1.807) is 4.90 Å². The normalized spacial score (nSPS) is 20.9. The van der Waals surface area contributed by atoms with Crippen molar-refractivity contribution in [3.8, 4) is 0 Å². The Kier molecular flexibility index (Phi) is 3.14. The highest BCUT2D eigenvalue weighted by Crippen LogP contribution is 2.09. The first-order chi connectivity index (χ1) is 7.66. The molecule has 1 amide bonds. The third kappa shape index (κ3) is 2.36. The minimum absolute atomic E-state index is 0.0473. The van der Waals surface area contributed by atoms with E-state index in [0.717, 1.165) is 0 Å². The lowest BCUT2D eigenvalue weighted by molar-refractivity contribution is -0.0124. The largest absolute Gasteiger partial charge is 0.375 e. The van der Waals surface area contributed by atoms with Gasteiger partial charge in [0.1, 0.15) is 0 Å². The number of pyridine rings is 1. The standard InChI is InChI=1S/C11H13FN2O2/c1-8-7-14(4-5-16-8)11(15)9-2-3-10(12)13-6-9/h2-3,6,8H,4-5,7H2,1H3. The number of hydrogen-bond donors (Lipinski definition) is 0. The van der Waals surface area contributed by atoms with Gasteiger partial charge in [-0.2, -0.15) is 4.39 Å². The zero-order valence-corrected chi connectivity index (χ0v) is 9.02. The third-order valence-electron chi connectivity index (χ3n) is 2.50. The zero-order valence-electron chi connectivity index (χ0n) is 9.02. The molecule has 86 valence electrons. The Labute approximate surface area is 93.0 Å². The molecule has 1 aromatic heterocycles. The summed E-state index contributed by atoms with van der Waals surface area (Å²) in [5.41, 5.74) is 0.413. The highest BCUT2D eigenvalue weighted by Gasteiger charge is 2.22. The van der Waals surface area contributed by atoms with Crippen LogP contribution in [0.2, 0.25) is 0 Å². The first kappa shape index (κ1) is 11.0. The predicted molar refractivity (Wildman–Crippen MR) is 55.5 cm³/mol. The Morgan fingerprint density at radius 1 is 1.62 bits per heavy atom. The molecule has 1 aliphatic rings. The molecule has 0 spiro atoms. The lowest BCUT2D eigenvalue weighted by Gasteiger charge is -2.31. The third-order valence-corrected chi connectivity index (χ3v) is 2.50. The molecule has 0 radical (unpaired) electrons. The van der Waals surface area contributed by atoms with Crippen molar-refractivity contribution >= 4 is 5.91 Å². The van der Waals surface area contributed by atoms with Gasteiger partial charge in [0, 0.05) is 19.3 Å². The van der Waals surface area contributed by atoms with Gasteiger partial charge < -0.3 is 9.64 Å². The lowest BCUT2D eigenvalue weighted by Crippen LogP contribution is -2.44. The molecule has 16 heavy (non-hydrogen) atoms. The molecule has 0 bridgehead atoms. The second-order valence-electron chi connectivity index (χ2n) is 3.80. The molecule has 1 unspecified atom stereocenters. The SMILES string of the molecule is CC1CN(C(=O)c2ccc(F)nc2)CCO1. The van der Waals surface area contributed by atoms with E-state index >= 15 is 0 Å². The molecule has 5 heteroatoms. The minimum atomic E-state index is -0.577. The Hall–Kier alpha value is -1.49. The quantitative estimate of drug-likeness (QED) is 0.670. The van der Waals surface area contributed by atoms with E-state index in [-0.39, 0.29) is 12.0 Å². The molecular weight excluding hydrogens is 211 g/mol. The lowest BCUT2D eigenvalue weighted by atomic mass is 10.2. The van der Waals surface area contributed by atoms with E-state index in [0.29, 0.717) is 25.3 Å². The number of halogens is 1. The van der Waals surface area contributed by atoms with Crippen LogP contribution in [0.5, 0.6) is 0 Å². The van der Waals surface area contributed by atoms with Crippen LogP contribution in [0, 0.1) is 5.95 Å². The van der Waals surface area contributed by atoms with Crippen LogP contribution in [0.25, 0.3) is 0 Å². The molecule has 1 aromatic rings.